The van der Waals surface area contributed by atoms with Gasteiger partial charge in [-0.05, 0) is 12.1 Å². The second-order valence-corrected chi connectivity index (χ2v) is 2.97. The molecule has 0 aliphatic rings. The first-order valence-corrected chi connectivity index (χ1v) is 3.92. The Morgan fingerprint density at radius 1 is 1.14 bits per heavy atom. The molecule has 0 aliphatic heterocycles. The van der Waals surface area contributed by atoms with Gasteiger partial charge in [0.15, 0.2) is 11.6 Å². The monoisotopic (exact) mass is 228 g/mol. The molecule has 1 aromatic carbocycles. The van der Waals surface area contributed by atoms with Crippen LogP contribution >= 0.6 is 11.6 Å². The summed E-state index contributed by atoms with van der Waals surface area (Å²) in [7, 11) is 0. The molecule has 1 aromatic rings. The van der Waals surface area contributed by atoms with E-state index >= 15 is 0 Å². The second-order valence-electron chi connectivity index (χ2n) is 2.57. The van der Waals surface area contributed by atoms with E-state index in [1.807, 2.05) is 0 Å². The summed E-state index contributed by atoms with van der Waals surface area (Å²) in [6.07, 6.45) is -5.31. The van der Waals surface area contributed by atoms with Crippen LogP contribution in [0.15, 0.2) is 12.1 Å². The SMILES string of the molecule is OC(c1cc(F)c(F)cc1Cl)C(F)F. The first-order chi connectivity index (χ1) is 6.43. The van der Waals surface area contributed by atoms with E-state index in [1.165, 1.54) is 0 Å². The average Bonchev–Trinajstić information content (AvgIpc) is 2.10. The maximum Gasteiger partial charge on any atom is 0.268 e. The third kappa shape index (κ3) is 2.16. The normalized spacial score (nSPS) is 13.4. The van der Waals surface area contributed by atoms with Gasteiger partial charge in [-0.2, -0.15) is 0 Å². The van der Waals surface area contributed by atoms with Gasteiger partial charge in [-0.3, -0.25) is 0 Å². The molecule has 0 aromatic heterocycles. The summed E-state index contributed by atoms with van der Waals surface area (Å²) < 4.78 is 49.1. The lowest BCUT2D eigenvalue weighted by Crippen LogP contribution is -2.09. The van der Waals surface area contributed by atoms with Gasteiger partial charge < -0.3 is 5.11 Å². The number of benzene rings is 1. The number of rotatable bonds is 2. The molecular weight excluding hydrogens is 224 g/mol. The minimum Gasteiger partial charge on any atom is -0.382 e. The van der Waals surface area contributed by atoms with Crippen LogP contribution in [0, 0.1) is 11.6 Å². The van der Waals surface area contributed by atoms with Gasteiger partial charge in [-0.1, -0.05) is 11.6 Å². The van der Waals surface area contributed by atoms with Crippen LogP contribution in [0.3, 0.4) is 0 Å². The van der Waals surface area contributed by atoms with E-state index in [-0.39, 0.29) is 0 Å². The van der Waals surface area contributed by atoms with E-state index in [1.54, 1.807) is 0 Å². The summed E-state index contributed by atoms with van der Waals surface area (Å²) in [5, 5.41) is 8.44. The molecule has 0 bridgehead atoms. The molecule has 0 fully saturated rings. The zero-order valence-corrected chi connectivity index (χ0v) is 7.40. The fourth-order valence-corrected chi connectivity index (χ4v) is 1.16. The predicted octanol–water partition coefficient (Wildman–Crippen LogP) is 2.92. The standard InChI is InChI=1S/C8H5ClF4O/c9-4-2-6(11)5(10)1-3(4)7(14)8(12)13/h1-2,7-8,14H. The van der Waals surface area contributed by atoms with Crippen LogP contribution in [-0.4, -0.2) is 11.5 Å². The van der Waals surface area contributed by atoms with Gasteiger partial charge in [0, 0.05) is 10.6 Å². The fraction of sp³-hybridized carbons (Fsp3) is 0.250. The second kappa shape index (κ2) is 4.14. The Labute approximate surface area is 81.9 Å². The Bertz CT molecular complexity index is 342. The molecule has 1 nitrogen and oxygen atoms in total. The highest BCUT2D eigenvalue weighted by molar-refractivity contribution is 6.31. The van der Waals surface area contributed by atoms with Crippen molar-refractivity contribution in [2.75, 3.05) is 0 Å². The van der Waals surface area contributed by atoms with Crippen molar-refractivity contribution in [2.45, 2.75) is 12.5 Å². The number of aliphatic hydroxyl groups is 1. The molecule has 1 N–H and O–H groups in total. The van der Waals surface area contributed by atoms with Crippen molar-refractivity contribution in [3.8, 4) is 0 Å². The molecule has 0 radical (unpaired) electrons. The molecule has 0 aliphatic carbocycles. The van der Waals surface area contributed by atoms with E-state index in [9.17, 15) is 17.6 Å². The van der Waals surface area contributed by atoms with Gasteiger partial charge >= 0.3 is 0 Å². The van der Waals surface area contributed by atoms with Crippen LogP contribution in [0.5, 0.6) is 0 Å². The summed E-state index contributed by atoms with van der Waals surface area (Å²) in [5.41, 5.74) is -0.527. The van der Waals surface area contributed by atoms with E-state index < -0.39 is 34.7 Å². The maximum atomic E-state index is 12.6. The van der Waals surface area contributed by atoms with Gasteiger partial charge in [0.25, 0.3) is 6.43 Å². The largest absolute Gasteiger partial charge is 0.382 e. The van der Waals surface area contributed by atoms with Gasteiger partial charge in [-0.25, -0.2) is 17.6 Å². The smallest absolute Gasteiger partial charge is 0.268 e. The Hall–Kier alpha value is -0.810. The summed E-state index contributed by atoms with van der Waals surface area (Å²) in [4.78, 5) is 0. The number of aliphatic hydroxyl groups excluding tert-OH is 1. The van der Waals surface area contributed by atoms with Crippen molar-refractivity contribution in [1.82, 2.24) is 0 Å². The van der Waals surface area contributed by atoms with Crippen LogP contribution in [0.2, 0.25) is 5.02 Å². The van der Waals surface area contributed by atoms with Crippen LogP contribution in [0.4, 0.5) is 17.6 Å². The minimum absolute atomic E-state index is 0.434. The number of alkyl halides is 2. The van der Waals surface area contributed by atoms with E-state index in [0.717, 1.165) is 0 Å². The highest BCUT2D eigenvalue weighted by Crippen LogP contribution is 2.29. The van der Waals surface area contributed by atoms with Crippen molar-refractivity contribution in [2.24, 2.45) is 0 Å². The van der Waals surface area contributed by atoms with Gasteiger partial charge in [-0.15, -0.1) is 0 Å². The van der Waals surface area contributed by atoms with Crippen LogP contribution < -0.4 is 0 Å². The first kappa shape index (κ1) is 11.3. The van der Waals surface area contributed by atoms with Gasteiger partial charge in [0.1, 0.15) is 6.10 Å². The molecule has 0 saturated heterocycles. The summed E-state index contributed by atoms with van der Waals surface area (Å²) >= 11 is 5.34. The topological polar surface area (TPSA) is 20.2 Å². The molecule has 1 unspecified atom stereocenters. The van der Waals surface area contributed by atoms with Gasteiger partial charge in [0.2, 0.25) is 0 Å². The highest BCUT2D eigenvalue weighted by atomic mass is 35.5. The van der Waals surface area contributed by atoms with Crippen LogP contribution in [0.1, 0.15) is 11.7 Å². The van der Waals surface area contributed by atoms with E-state index in [2.05, 4.69) is 0 Å². The molecule has 0 saturated carbocycles. The number of halogens is 5. The number of hydrogen-bond donors (Lipinski definition) is 1. The zero-order chi connectivity index (χ0) is 10.9. The molecular formula is C8H5ClF4O. The lowest BCUT2D eigenvalue weighted by molar-refractivity contribution is -0.00592. The third-order valence-corrected chi connectivity index (χ3v) is 1.92. The quantitative estimate of drug-likeness (QED) is 0.610. The van der Waals surface area contributed by atoms with Crippen molar-refractivity contribution < 1.29 is 22.7 Å². The average molecular weight is 229 g/mol. The van der Waals surface area contributed by atoms with Crippen molar-refractivity contribution in [3.63, 3.8) is 0 Å². The van der Waals surface area contributed by atoms with Gasteiger partial charge in [0.05, 0.1) is 0 Å². The first-order valence-electron chi connectivity index (χ1n) is 3.54. The zero-order valence-electron chi connectivity index (χ0n) is 6.65. The summed E-state index contributed by atoms with van der Waals surface area (Å²) in [6.45, 7) is 0. The highest BCUT2D eigenvalue weighted by Gasteiger charge is 2.23. The van der Waals surface area contributed by atoms with Crippen molar-refractivity contribution in [3.05, 3.63) is 34.4 Å². The molecule has 0 heterocycles. The van der Waals surface area contributed by atoms with Crippen LogP contribution in [-0.2, 0) is 0 Å². The van der Waals surface area contributed by atoms with E-state index in [4.69, 9.17) is 16.7 Å². The van der Waals surface area contributed by atoms with Crippen molar-refractivity contribution >= 4 is 11.6 Å². The van der Waals surface area contributed by atoms with E-state index in [0.29, 0.717) is 12.1 Å². The molecule has 78 valence electrons. The molecule has 0 spiro atoms. The lowest BCUT2D eigenvalue weighted by atomic mass is 10.1. The lowest BCUT2D eigenvalue weighted by Gasteiger charge is -2.11. The Morgan fingerprint density at radius 3 is 2.14 bits per heavy atom. The van der Waals surface area contributed by atoms with Crippen molar-refractivity contribution in [1.29, 1.82) is 0 Å². The molecule has 0 amide bonds. The Balaban J connectivity index is 3.15. The molecule has 14 heavy (non-hydrogen) atoms. The fourth-order valence-electron chi connectivity index (χ4n) is 0.900. The third-order valence-electron chi connectivity index (χ3n) is 1.60. The predicted molar refractivity (Wildman–Crippen MR) is 42.3 cm³/mol. The van der Waals surface area contributed by atoms with Crippen LogP contribution in [0.25, 0.3) is 0 Å². The Morgan fingerprint density at radius 2 is 1.64 bits per heavy atom. The number of hydrogen-bond acceptors (Lipinski definition) is 1. The summed E-state index contributed by atoms with van der Waals surface area (Å²) in [5.74, 6) is -2.58. The summed E-state index contributed by atoms with van der Waals surface area (Å²) in [6, 6.07) is 0.992. The molecule has 1 atom stereocenters. The minimum atomic E-state index is -3.10. The maximum absolute atomic E-state index is 12.6. The molecule has 6 heteroatoms. The molecule has 1 rings (SSSR count). The Kier molecular flexibility index (Phi) is 3.34.